The van der Waals surface area contributed by atoms with Gasteiger partial charge in [-0.25, -0.2) is 0 Å². The van der Waals surface area contributed by atoms with Crippen LogP contribution in [0.25, 0.3) is 0 Å². The molecular weight excluding hydrogens is 365 g/mol. The van der Waals surface area contributed by atoms with Gasteiger partial charge in [0.15, 0.2) is 0 Å². The molecule has 2 nitrogen and oxygen atoms in total. The summed E-state index contributed by atoms with van der Waals surface area (Å²) in [7, 11) is 5.44. The van der Waals surface area contributed by atoms with Crippen LogP contribution in [0.15, 0.2) is 60.8 Å². The molecular formula is C20H35O2P3. The van der Waals surface area contributed by atoms with Gasteiger partial charge in [0, 0.05) is 18.0 Å². The molecule has 0 aliphatic heterocycles. The third-order valence-electron chi connectivity index (χ3n) is 3.50. The second-order valence-electron chi connectivity index (χ2n) is 5.57. The van der Waals surface area contributed by atoms with Gasteiger partial charge in [-0.3, -0.25) is 0 Å². The molecule has 0 bridgehead atoms. The first-order valence-corrected chi connectivity index (χ1v) is 12.3. The Labute approximate surface area is 161 Å². The highest BCUT2D eigenvalue weighted by atomic mass is 32.0. The van der Waals surface area contributed by atoms with Gasteiger partial charge >= 0.3 is 0 Å². The van der Waals surface area contributed by atoms with Crippen LogP contribution in [0.1, 0.15) is 52.4 Å². The van der Waals surface area contributed by atoms with Gasteiger partial charge in [-0.1, -0.05) is 96.4 Å². The standard InChI is InChI=1S/C20H35O2P3/c1-3-5-16-20(21-23)18-15-13-11-9-7-6-8-10-12-14-17-19(4-2)22-25-24/h6-7,10-15,17-20,25H,3-5,8-9,16,23-24H2,1-2H3. The molecule has 0 spiro atoms. The Morgan fingerprint density at radius 3 is 1.96 bits per heavy atom. The van der Waals surface area contributed by atoms with Gasteiger partial charge in [-0.05, 0) is 25.7 Å². The first-order chi connectivity index (χ1) is 12.3. The number of rotatable bonds is 15. The SMILES string of the molecule is CCCCC(C=CC=CCC=CCC=CC=CC(CC)OPP)OP. The van der Waals surface area contributed by atoms with Gasteiger partial charge < -0.3 is 9.05 Å². The Morgan fingerprint density at radius 2 is 1.48 bits per heavy atom. The molecule has 0 N–H and O–H groups in total. The molecule has 0 saturated carbocycles. The van der Waals surface area contributed by atoms with Crippen LogP contribution in [0.5, 0.6) is 0 Å². The van der Waals surface area contributed by atoms with E-state index in [0.717, 1.165) is 25.7 Å². The van der Waals surface area contributed by atoms with Gasteiger partial charge in [0.2, 0.25) is 0 Å². The lowest BCUT2D eigenvalue weighted by Crippen LogP contribution is -2.02. The Balaban J connectivity index is 3.87. The molecule has 0 fully saturated rings. The number of allylic oxidation sites excluding steroid dienone is 8. The predicted octanol–water partition coefficient (Wildman–Crippen LogP) is 7.09. The van der Waals surface area contributed by atoms with E-state index in [1.165, 1.54) is 12.8 Å². The monoisotopic (exact) mass is 400 g/mol. The van der Waals surface area contributed by atoms with Gasteiger partial charge in [-0.2, -0.15) is 0 Å². The van der Waals surface area contributed by atoms with Gasteiger partial charge in [0.25, 0.3) is 0 Å². The van der Waals surface area contributed by atoms with Crippen LogP contribution in [0.2, 0.25) is 0 Å². The zero-order chi connectivity index (χ0) is 18.6. The predicted molar refractivity (Wildman–Crippen MR) is 122 cm³/mol. The Morgan fingerprint density at radius 1 is 0.880 bits per heavy atom. The third-order valence-corrected chi connectivity index (χ3v) is 4.69. The lowest BCUT2D eigenvalue weighted by molar-refractivity contribution is 0.276. The number of hydrogen-bond acceptors (Lipinski definition) is 2. The molecule has 142 valence electrons. The second-order valence-corrected chi connectivity index (χ2v) is 7.02. The van der Waals surface area contributed by atoms with E-state index in [9.17, 15) is 0 Å². The van der Waals surface area contributed by atoms with E-state index >= 15 is 0 Å². The minimum Gasteiger partial charge on any atom is -0.358 e. The highest BCUT2D eigenvalue weighted by molar-refractivity contribution is 8.00. The van der Waals surface area contributed by atoms with Crippen LogP contribution in [0, 0.1) is 0 Å². The number of unbranched alkanes of at least 4 members (excludes halogenated alkanes) is 1. The van der Waals surface area contributed by atoms with Crippen molar-refractivity contribution in [1.29, 1.82) is 0 Å². The van der Waals surface area contributed by atoms with Crippen molar-refractivity contribution in [2.24, 2.45) is 0 Å². The molecule has 0 aromatic heterocycles. The molecule has 0 amide bonds. The fourth-order valence-corrected chi connectivity index (χ4v) is 3.17. The smallest absolute Gasteiger partial charge is 0.0799 e. The summed E-state index contributed by atoms with van der Waals surface area (Å²) in [5.41, 5.74) is 0. The van der Waals surface area contributed by atoms with Gasteiger partial charge in [0.1, 0.15) is 0 Å². The summed E-state index contributed by atoms with van der Waals surface area (Å²) >= 11 is 0. The van der Waals surface area contributed by atoms with Crippen molar-refractivity contribution >= 4 is 26.9 Å². The summed E-state index contributed by atoms with van der Waals surface area (Å²) in [6, 6.07) is 0. The maximum atomic E-state index is 5.56. The highest BCUT2D eigenvalue weighted by Crippen LogP contribution is 2.25. The van der Waals surface area contributed by atoms with E-state index in [-0.39, 0.29) is 12.2 Å². The Kier molecular flexibility index (Phi) is 20.2. The lowest BCUT2D eigenvalue weighted by Gasteiger charge is -2.08. The van der Waals surface area contributed by atoms with Crippen LogP contribution in [-0.4, -0.2) is 12.2 Å². The summed E-state index contributed by atoms with van der Waals surface area (Å²) in [4.78, 5) is 0. The maximum absolute atomic E-state index is 5.56. The molecule has 0 aromatic carbocycles. The van der Waals surface area contributed by atoms with Crippen molar-refractivity contribution in [3.63, 3.8) is 0 Å². The van der Waals surface area contributed by atoms with E-state index in [1.54, 1.807) is 0 Å². The van der Waals surface area contributed by atoms with E-state index in [2.05, 4.69) is 93.0 Å². The van der Waals surface area contributed by atoms with Crippen molar-refractivity contribution in [1.82, 2.24) is 0 Å². The fraction of sp³-hybridized carbons (Fsp3) is 0.500. The molecule has 25 heavy (non-hydrogen) atoms. The fourth-order valence-electron chi connectivity index (χ4n) is 2.00. The van der Waals surface area contributed by atoms with Crippen molar-refractivity contribution in [2.45, 2.75) is 64.6 Å². The quantitative estimate of drug-likeness (QED) is 0.166. The Bertz CT molecular complexity index is 429. The maximum Gasteiger partial charge on any atom is 0.0799 e. The van der Waals surface area contributed by atoms with Crippen LogP contribution >= 0.6 is 26.9 Å². The van der Waals surface area contributed by atoms with Crippen molar-refractivity contribution < 1.29 is 9.05 Å². The van der Waals surface area contributed by atoms with Gasteiger partial charge in [0.05, 0.1) is 12.2 Å². The van der Waals surface area contributed by atoms with Crippen LogP contribution < -0.4 is 0 Å². The molecule has 5 unspecified atom stereocenters. The van der Waals surface area contributed by atoms with Crippen LogP contribution in [-0.2, 0) is 9.05 Å². The highest BCUT2D eigenvalue weighted by Gasteiger charge is 1.99. The average Bonchev–Trinajstić information content (AvgIpc) is 2.64. The molecule has 0 aromatic rings. The first-order valence-electron chi connectivity index (χ1n) is 9.06. The van der Waals surface area contributed by atoms with Crippen molar-refractivity contribution in [3.8, 4) is 0 Å². The molecule has 0 aliphatic rings. The molecule has 0 aliphatic carbocycles. The summed E-state index contributed by atoms with van der Waals surface area (Å²) < 4.78 is 10.9. The first kappa shape index (κ1) is 24.9. The summed E-state index contributed by atoms with van der Waals surface area (Å²) in [6.07, 6.45) is 28.1. The van der Waals surface area contributed by atoms with Crippen LogP contribution in [0.3, 0.4) is 0 Å². The Hall–Kier alpha value is -0.0900. The molecule has 5 heteroatoms. The van der Waals surface area contributed by atoms with E-state index in [0.29, 0.717) is 8.50 Å². The normalized spacial score (nSPS) is 16.0. The van der Waals surface area contributed by atoms with Crippen LogP contribution in [0.4, 0.5) is 0 Å². The van der Waals surface area contributed by atoms with Crippen molar-refractivity contribution in [3.05, 3.63) is 60.8 Å². The molecule has 0 saturated heterocycles. The topological polar surface area (TPSA) is 18.5 Å². The molecule has 0 rings (SSSR count). The average molecular weight is 400 g/mol. The summed E-state index contributed by atoms with van der Waals surface area (Å²) in [6.45, 7) is 4.33. The van der Waals surface area contributed by atoms with E-state index < -0.39 is 0 Å². The largest absolute Gasteiger partial charge is 0.358 e. The minimum absolute atomic E-state index is 0.206. The lowest BCUT2D eigenvalue weighted by atomic mass is 10.1. The zero-order valence-electron chi connectivity index (χ0n) is 15.6. The van der Waals surface area contributed by atoms with E-state index in [4.69, 9.17) is 9.05 Å². The molecule has 0 radical (unpaired) electrons. The third kappa shape index (κ3) is 17.1. The van der Waals surface area contributed by atoms with Gasteiger partial charge in [-0.15, -0.1) is 0 Å². The zero-order valence-corrected chi connectivity index (χ0v) is 19.0. The minimum atomic E-state index is 0.206. The van der Waals surface area contributed by atoms with E-state index in [1.807, 2.05) is 0 Å². The summed E-state index contributed by atoms with van der Waals surface area (Å²) in [5.74, 6) is 0. The second kappa shape index (κ2) is 20.2. The van der Waals surface area contributed by atoms with Crippen molar-refractivity contribution in [2.75, 3.05) is 0 Å². The molecule has 0 heterocycles. The molecule has 5 atom stereocenters. The summed E-state index contributed by atoms with van der Waals surface area (Å²) in [5, 5.41) is 0. The number of hydrogen-bond donors (Lipinski definition) is 0.